The van der Waals surface area contributed by atoms with Crippen LogP contribution in [0.25, 0.3) is 0 Å². The molecule has 13 heavy (non-hydrogen) atoms. The highest BCUT2D eigenvalue weighted by Gasteiger charge is 1.93. The standard InChI is InChI=1S/C5H6OS.C5H6O/c7-5-3-1-2-4-6-5;1-2-4-6-5-3-1/h1-5,7H;1-4H,5H2. The summed E-state index contributed by atoms with van der Waals surface area (Å²) in [5.41, 5.74) is -0.0370. The zero-order chi connectivity index (χ0) is 9.36. The van der Waals surface area contributed by atoms with Gasteiger partial charge >= 0.3 is 0 Å². The first-order valence-electron chi connectivity index (χ1n) is 4.00. The van der Waals surface area contributed by atoms with Gasteiger partial charge in [-0.25, -0.2) is 0 Å². The van der Waals surface area contributed by atoms with Gasteiger partial charge in [0.1, 0.15) is 6.61 Å². The topological polar surface area (TPSA) is 18.5 Å². The van der Waals surface area contributed by atoms with Crippen LogP contribution in [-0.2, 0) is 9.47 Å². The summed E-state index contributed by atoms with van der Waals surface area (Å²) in [5.74, 6) is 0. The summed E-state index contributed by atoms with van der Waals surface area (Å²) in [6, 6.07) is 0. The van der Waals surface area contributed by atoms with E-state index in [1.54, 1.807) is 12.5 Å². The molecule has 0 saturated carbocycles. The second-order valence-electron chi connectivity index (χ2n) is 2.33. The minimum Gasteiger partial charge on any atom is -0.497 e. The first-order valence-corrected chi connectivity index (χ1v) is 4.51. The van der Waals surface area contributed by atoms with Crippen LogP contribution >= 0.6 is 12.6 Å². The molecular formula is C10H12O2S. The van der Waals surface area contributed by atoms with E-state index in [2.05, 4.69) is 12.6 Å². The van der Waals surface area contributed by atoms with Crippen LogP contribution in [0, 0.1) is 0 Å². The average Bonchev–Trinajstić information content (AvgIpc) is 2.22. The van der Waals surface area contributed by atoms with E-state index in [9.17, 15) is 0 Å². The lowest BCUT2D eigenvalue weighted by molar-refractivity contribution is 0.259. The number of thiol groups is 1. The fraction of sp³-hybridized carbons (Fsp3) is 0.200. The van der Waals surface area contributed by atoms with Crippen LogP contribution in [-0.4, -0.2) is 12.0 Å². The Labute approximate surface area is 83.6 Å². The molecule has 2 rings (SSSR count). The maximum Gasteiger partial charge on any atom is 0.159 e. The number of hydrogen-bond donors (Lipinski definition) is 1. The normalized spacial score (nSPS) is 22.7. The Morgan fingerprint density at radius 3 is 2.15 bits per heavy atom. The summed E-state index contributed by atoms with van der Waals surface area (Å²) < 4.78 is 9.68. The molecule has 0 aromatic heterocycles. The molecule has 70 valence electrons. The van der Waals surface area contributed by atoms with Crippen molar-refractivity contribution in [2.75, 3.05) is 6.61 Å². The van der Waals surface area contributed by atoms with Gasteiger partial charge in [-0.15, -0.1) is 12.6 Å². The predicted molar refractivity (Wildman–Crippen MR) is 56.4 cm³/mol. The summed E-state index contributed by atoms with van der Waals surface area (Å²) in [4.78, 5) is 0. The van der Waals surface area contributed by atoms with Crippen molar-refractivity contribution in [3.63, 3.8) is 0 Å². The Balaban J connectivity index is 0.000000132. The minimum atomic E-state index is -0.0370. The Morgan fingerprint density at radius 2 is 1.92 bits per heavy atom. The van der Waals surface area contributed by atoms with Crippen molar-refractivity contribution >= 4 is 12.6 Å². The summed E-state index contributed by atoms with van der Waals surface area (Å²) in [6.45, 7) is 0.733. The van der Waals surface area contributed by atoms with Crippen LogP contribution in [0.2, 0.25) is 0 Å². The third kappa shape index (κ3) is 5.20. The van der Waals surface area contributed by atoms with Gasteiger partial charge in [0.15, 0.2) is 5.44 Å². The third-order valence-corrected chi connectivity index (χ3v) is 1.59. The minimum absolute atomic E-state index is 0.0370. The van der Waals surface area contributed by atoms with Crippen LogP contribution in [0.4, 0.5) is 0 Å². The van der Waals surface area contributed by atoms with Gasteiger partial charge in [-0.3, -0.25) is 0 Å². The second kappa shape index (κ2) is 6.43. The van der Waals surface area contributed by atoms with Crippen molar-refractivity contribution in [3.05, 3.63) is 49.0 Å². The molecule has 0 radical (unpaired) electrons. The first kappa shape index (κ1) is 9.99. The van der Waals surface area contributed by atoms with Gasteiger partial charge in [0.2, 0.25) is 0 Å². The van der Waals surface area contributed by atoms with Crippen molar-refractivity contribution in [2.24, 2.45) is 0 Å². The van der Waals surface area contributed by atoms with E-state index in [0.29, 0.717) is 0 Å². The number of ether oxygens (including phenoxy) is 2. The van der Waals surface area contributed by atoms with E-state index >= 15 is 0 Å². The third-order valence-electron chi connectivity index (χ3n) is 1.30. The Bertz CT molecular complexity index is 229. The van der Waals surface area contributed by atoms with Crippen molar-refractivity contribution in [1.82, 2.24) is 0 Å². The highest BCUT2D eigenvalue weighted by molar-refractivity contribution is 7.80. The van der Waals surface area contributed by atoms with Gasteiger partial charge in [0, 0.05) is 0 Å². The average molecular weight is 196 g/mol. The van der Waals surface area contributed by atoms with Crippen molar-refractivity contribution in [3.8, 4) is 0 Å². The van der Waals surface area contributed by atoms with E-state index in [1.807, 2.05) is 36.5 Å². The maximum absolute atomic E-state index is 4.87. The lowest BCUT2D eigenvalue weighted by atomic mass is 10.4. The van der Waals surface area contributed by atoms with E-state index < -0.39 is 0 Å². The molecule has 0 aromatic rings. The number of rotatable bonds is 0. The lowest BCUT2D eigenvalue weighted by Crippen LogP contribution is -1.96. The van der Waals surface area contributed by atoms with E-state index in [0.717, 1.165) is 6.61 Å². The fourth-order valence-electron chi connectivity index (χ4n) is 0.722. The van der Waals surface area contributed by atoms with Gasteiger partial charge in [-0.2, -0.15) is 0 Å². The smallest absolute Gasteiger partial charge is 0.159 e. The monoisotopic (exact) mass is 196 g/mol. The van der Waals surface area contributed by atoms with Crippen molar-refractivity contribution in [2.45, 2.75) is 5.44 Å². The molecule has 0 spiro atoms. The van der Waals surface area contributed by atoms with Crippen LogP contribution in [0.1, 0.15) is 0 Å². The molecule has 0 fully saturated rings. The first-order chi connectivity index (χ1) is 6.39. The van der Waals surface area contributed by atoms with Crippen LogP contribution < -0.4 is 0 Å². The molecular weight excluding hydrogens is 184 g/mol. The summed E-state index contributed by atoms with van der Waals surface area (Å²) >= 11 is 4.00. The molecule has 1 unspecified atom stereocenters. The molecule has 0 bridgehead atoms. The van der Waals surface area contributed by atoms with Gasteiger partial charge in [-0.1, -0.05) is 12.2 Å². The lowest BCUT2D eigenvalue weighted by Gasteiger charge is -2.05. The molecule has 3 heteroatoms. The highest BCUT2D eigenvalue weighted by Crippen LogP contribution is 2.03. The molecule has 2 heterocycles. The van der Waals surface area contributed by atoms with Crippen molar-refractivity contribution in [1.29, 1.82) is 0 Å². The van der Waals surface area contributed by atoms with E-state index in [1.165, 1.54) is 0 Å². The molecule has 2 aliphatic heterocycles. The van der Waals surface area contributed by atoms with E-state index in [4.69, 9.17) is 9.47 Å². The van der Waals surface area contributed by atoms with Gasteiger partial charge in [-0.05, 0) is 24.3 Å². The van der Waals surface area contributed by atoms with Gasteiger partial charge in [0.25, 0.3) is 0 Å². The molecule has 2 nitrogen and oxygen atoms in total. The molecule has 0 aliphatic carbocycles. The number of allylic oxidation sites excluding steroid dienone is 4. The molecule has 0 aromatic carbocycles. The summed E-state index contributed by atoms with van der Waals surface area (Å²) in [7, 11) is 0. The number of hydrogen-bond acceptors (Lipinski definition) is 3. The van der Waals surface area contributed by atoms with E-state index in [-0.39, 0.29) is 5.44 Å². The zero-order valence-corrected chi connectivity index (χ0v) is 8.06. The molecule has 1 atom stereocenters. The fourth-order valence-corrected chi connectivity index (χ4v) is 0.892. The van der Waals surface area contributed by atoms with Crippen LogP contribution in [0.5, 0.6) is 0 Å². The zero-order valence-electron chi connectivity index (χ0n) is 7.17. The summed E-state index contributed by atoms with van der Waals surface area (Å²) in [6.07, 6.45) is 14.7. The molecule has 2 aliphatic rings. The second-order valence-corrected chi connectivity index (χ2v) is 2.84. The van der Waals surface area contributed by atoms with Gasteiger partial charge in [0.05, 0.1) is 12.5 Å². The van der Waals surface area contributed by atoms with Gasteiger partial charge < -0.3 is 9.47 Å². The predicted octanol–water partition coefficient (Wildman–Crippen LogP) is 2.43. The van der Waals surface area contributed by atoms with Crippen LogP contribution in [0.15, 0.2) is 49.0 Å². The molecule has 0 N–H and O–H groups in total. The SMILES string of the molecule is C1=CCOC=C1.SC1C=CC=CO1. The Kier molecular flexibility index (Phi) is 4.94. The quantitative estimate of drug-likeness (QED) is 0.600. The Morgan fingerprint density at radius 1 is 1.08 bits per heavy atom. The van der Waals surface area contributed by atoms with Crippen molar-refractivity contribution < 1.29 is 9.47 Å². The molecule has 0 saturated heterocycles. The molecule has 0 amide bonds. The highest BCUT2D eigenvalue weighted by atomic mass is 32.1. The largest absolute Gasteiger partial charge is 0.497 e. The van der Waals surface area contributed by atoms with Crippen LogP contribution in [0.3, 0.4) is 0 Å². The maximum atomic E-state index is 4.87. The Hall–Kier alpha value is -1.09. The summed E-state index contributed by atoms with van der Waals surface area (Å²) in [5, 5.41) is 0.